The van der Waals surface area contributed by atoms with Gasteiger partial charge in [0.2, 0.25) is 5.91 Å². The largest absolute Gasteiger partial charge is 0.322 e. The zero-order valence-corrected chi connectivity index (χ0v) is 20.5. The zero-order chi connectivity index (χ0) is 26.0. The number of aryl methyl sites for hydroxylation is 1. The van der Waals surface area contributed by atoms with Crippen LogP contribution in [0.5, 0.6) is 0 Å². The van der Waals surface area contributed by atoms with Gasteiger partial charge in [-0.1, -0.05) is 42.0 Å². The number of benzene rings is 3. The lowest BCUT2D eigenvalue weighted by Crippen LogP contribution is -2.45. The molecule has 0 radical (unpaired) electrons. The Morgan fingerprint density at radius 1 is 1.00 bits per heavy atom. The van der Waals surface area contributed by atoms with Crippen molar-refractivity contribution in [2.24, 2.45) is 0 Å². The van der Waals surface area contributed by atoms with Crippen LogP contribution in [-0.4, -0.2) is 50.3 Å². The van der Waals surface area contributed by atoms with E-state index in [0.717, 1.165) is 22.8 Å². The first-order chi connectivity index (χ1) is 17.0. The molecule has 1 aliphatic rings. The van der Waals surface area contributed by atoms with Crippen molar-refractivity contribution in [3.8, 4) is 11.1 Å². The van der Waals surface area contributed by atoms with Crippen molar-refractivity contribution in [3.05, 3.63) is 78.1 Å². The molecule has 0 spiro atoms. The summed E-state index contributed by atoms with van der Waals surface area (Å²) in [4.78, 5) is 26.8. The lowest BCUT2D eigenvalue weighted by molar-refractivity contribution is -0.119. The maximum atomic E-state index is 14.9. The van der Waals surface area contributed by atoms with Crippen molar-refractivity contribution in [2.45, 2.75) is 30.5 Å². The van der Waals surface area contributed by atoms with Crippen molar-refractivity contribution in [1.82, 2.24) is 4.90 Å². The van der Waals surface area contributed by atoms with Gasteiger partial charge in [0.15, 0.2) is 9.84 Å². The highest BCUT2D eigenvalue weighted by Crippen LogP contribution is 2.30. The van der Waals surface area contributed by atoms with Crippen LogP contribution in [0, 0.1) is 12.7 Å². The Labute approximate surface area is 208 Å². The summed E-state index contributed by atoms with van der Waals surface area (Å²) in [6.07, 6.45) is -0.546. The molecule has 0 unspecified atom stereocenters. The smallest absolute Gasteiger partial charge is 0.322 e. The third-order valence-corrected chi connectivity index (χ3v) is 7.10. The van der Waals surface area contributed by atoms with E-state index in [1.165, 1.54) is 18.2 Å². The molecule has 0 aromatic heterocycles. The van der Waals surface area contributed by atoms with Gasteiger partial charge in [-0.2, -0.15) is 0 Å². The molecule has 0 aliphatic carbocycles. The van der Waals surface area contributed by atoms with E-state index in [0.29, 0.717) is 16.8 Å². The zero-order valence-electron chi connectivity index (χ0n) is 19.7. The maximum Gasteiger partial charge on any atom is 0.322 e. The highest BCUT2D eigenvalue weighted by molar-refractivity contribution is 7.90. The molecule has 3 aromatic carbocycles. The quantitative estimate of drug-likeness (QED) is 0.513. The Hall–Kier alpha value is -3.79. The van der Waals surface area contributed by atoms with Crippen LogP contribution in [0.2, 0.25) is 0 Å². The summed E-state index contributed by atoms with van der Waals surface area (Å²) in [5, 5.41) is 5.08. The van der Waals surface area contributed by atoms with E-state index in [2.05, 4.69) is 10.6 Å². The summed E-state index contributed by atoms with van der Waals surface area (Å²) in [6, 6.07) is 15.4. The third kappa shape index (κ3) is 5.54. The molecule has 1 saturated heterocycles. The molecule has 4 rings (SSSR count). The van der Waals surface area contributed by atoms with Crippen LogP contribution < -0.4 is 10.6 Å². The molecule has 1 fully saturated rings. The predicted octanol–water partition coefficient (Wildman–Crippen LogP) is 4.79. The number of carbonyl (C=O) groups is 2. The van der Waals surface area contributed by atoms with E-state index >= 15 is 0 Å². The normalized spacial score (nSPS) is 17.6. The van der Waals surface area contributed by atoms with Gasteiger partial charge < -0.3 is 15.5 Å². The van der Waals surface area contributed by atoms with Gasteiger partial charge in [0.05, 0.1) is 17.1 Å². The Bertz CT molecular complexity index is 1410. The molecular weight excluding hydrogens is 488 g/mol. The maximum absolute atomic E-state index is 14.9. The number of sulfone groups is 1. The minimum atomic E-state index is -3.55. The Balaban J connectivity index is 1.51. The van der Waals surface area contributed by atoms with Gasteiger partial charge in [0.25, 0.3) is 0 Å². The Morgan fingerprint density at radius 3 is 2.36 bits per heavy atom. The van der Waals surface area contributed by atoms with Crippen LogP contribution in [0.15, 0.2) is 71.6 Å². The minimum Gasteiger partial charge on any atom is -0.322 e. The van der Waals surface area contributed by atoms with E-state index in [1.807, 2.05) is 19.1 Å². The van der Waals surface area contributed by atoms with E-state index < -0.39 is 39.8 Å². The van der Waals surface area contributed by atoms with Gasteiger partial charge in [-0.05, 0) is 42.8 Å². The molecule has 36 heavy (non-hydrogen) atoms. The summed E-state index contributed by atoms with van der Waals surface area (Å²) < 4.78 is 53.3. The molecular formula is C26H25F2N3O4S. The molecule has 3 amide bonds. The number of halogens is 2. The molecule has 2 N–H and O–H groups in total. The van der Waals surface area contributed by atoms with E-state index in [9.17, 15) is 26.8 Å². The van der Waals surface area contributed by atoms with E-state index in [4.69, 9.17) is 0 Å². The molecule has 3 aromatic rings. The van der Waals surface area contributed by atoms with Gasteiger partial charge >= 0.3 is 6.03 Å². The number of hydrogen-bond donors (Lipinski definition) is 2. The average molecular weight is 514 g/mol. The number of amides is 3. The minimum absolute atomic E-state index is 0.0522. The molecule has 0 bridgehead atoms. The van der Waals surface area contributed by atoms with Crippen LogP contribution in [0.1, 0.15) is 12.0 Å². The number of carbonyl (C=O) groups excluding carboxylic acids is 2. The predicted molar refractivity (Wildman–Crippen MR) is 134 cm³/mol. The standard InChI is InChI=1S/C26H25F2N3O4S/c1-16-7-10-19(11-8-16)29-26(33)31-15-18(27)14-23(31)25(32)30-22-12-9-17(13-21(22)28)20-5-3-4-6-24(20)36(2,34)35/h3-13,18,23H,14-15H2,1-2H3,(H,29,33)(H,30,32)/t18-,23-/m1/s1. The van der Waals surface area contributed by atoms with E-state index in [-0.39, 0.29) is 23.5 Å². The fourth-order valence-electron chi connectivity index (χ4n) is 4.12. The molecule has 2 atom stereocenters. The topological polar surface area (TPSA) is 95.6 Å². The van der Waals surface area contributed by atoms with Crippen LogP contribution in [-0.2, 0) is 14.6 Å². The first-order valence-corrected chi connectivity index (χ1v) is 13.1. The molecule has 1 heterocycles. The lowest BCUT2D eigenvalue weighted by atomic mass is 10.0. The summed E-state index contributed by atoms with van der Waals surface area (Å²) in [6.45, 7) is 1.63. The summed E-state index contributed by atoms with van der Waals surface area (Å²) in [7, 11) is -3.55. The van der Waals surface area contributed by atoms with Gasteiger partial charge in [-0.3, -0.25) is 4.79 Å². The summed E-state index contributed by atoms with van der Waals surface area (Å²) >= 11 is 0. The van der Waals surface area contributed by atoms with Crippen LogP contribution in [0.3, 0.4) is 0 Å². The molecule has 10 heteroatoms. The highest BCUT2D eigenvalue weighted by atomic mass is 32.2. The number of likely N-dealkylation sites (tertiary alicyclic amines) is 1. The van der Waals surface area contributed by atoms with Gasteiger partial charge in [-0.15, -0.1) is 0 Å². The average Bonchev–Trinajstić information content (AvgIpc) is 3.23. The first-order valence-electron chi connectivity index (χ1n) is 11.2. The van der Waals surface area contributed by atoms with Gasteiger partial charge in [0, 0.05) is 23.9 Å². The second kappa shape index (κ2) is 10.1. The van der Waals surface area contributed by atoms with Gasteiger partial charge in [-0.25, -0.2) is 22.0 Å². The third-order valence-electron chi connectivity index (χ3n) is 5.94. The molecule has 0 saturated carbocycles. The second-order valence-corrected chi connectivity index (χ2v) is 10.7. The van der Waals surface area contributed by atoms with Gasteiger partial charge in [0.1, 0.15) is 18.0 Å². The first kappa shape index (κ1) is 25.3. The fraction of sp³-hybridized carbons (Fsp3) is 0.231. The molecule has 188 valence electrons. The second-order valence-electron chi connectivity index (χ2n) is 8.75. The summed E-state index contributed by atoms with van der Waals surface area (Å²) in [5.41, 5.74) is 1.98. The Morgan fingerprint density at radius 2 is 1.69 bits per heavy atom. The Kier molecular flexibility index (Phi) is 7.07. The van der Waals surface area contributed by atoms with Crippen LogP contribution in [0.4, 0.5) is 25.0 Å². The number of urea groups is 1. The fourth-order valence-corrected chi connectivity index (χ4v) is 5.03. The number of alkyl halides is 1. The van der Waals surface area contributed by atoms with Crippen LogP contribution >= 0.6 is 0 Å². The van der Waals surface area contributed by atoms with E-state index in [1.54, 1.807) is 30.3 Å². The van der Waals surface area contributed by atoms with Crippen molar-refractivity contribution >= 4 is 33.2 Å². The molecule has 7 nitrogen and oxygen atoms in total. The summed E-state index contributed by atoms with van der Waals surface area (Å²) in [5.74, 6) is -1.52. The lowest BCUT2D eigenvalue weighted by Gasteiger charge is -2.24. The van der Waals surface area contributed by atoms with Crippen LogP contribution in [0.25, 0.3) is 11.1 Å². The number of nitrogens with one attached hydrogen (secondary N) is 2. The number of nitrogens with zero attached hydrogens (tertiary/aromatic N) is 1. The van der Waals surface area contributed by atoms with Crippen molar-refractivity contribution in [1.29, 1.82) is 0 Å². The van der Waals surface area contributed by atoms with Crippen molar-refractivity contribution in [3.63, 3.8) is 0 Å². The number of rotatable bonds is 5. The monoisotopic (exact) mass is 513 g/mol. The van der Waals surface area contributed by atoms with Crippen molar-refractivity contribution < 1.29 is 26.8 Å². The van der Waals surface area contributed by atoms with Crippen molar-refractivity contribution in [2.75, 3.05) is 23.4 Å². The highest BCUT2D eigenvalue weighted by Gasteiger charge is 2.40. The SMILES string of the molecule is Cc1ccc(NC(=O)N2C[C@H](F)C[C@@H]2C(=O)Nc2ccc(-c3ccccc3S(C)(=O)=O)cc2F)cc1. The number of hydrogen-bond acceptors (Lipinski definition) is 4. The number of anilines is 2. The molecule has 1 aliphatic heterocycles.